The van der Waals surface area contributed by atoms with Gasteiger partial charge in [0, 0.05) is 11.8 Å². The number of nitrogens with one attached hydrogen (secondary N) is 2. The van der Waals surface area contributed by atoms with E-state index in [1.54, 1.807) is 0 Å². The second kappa shape index (κ2) is 5.25. The highest BCUT2D eigenvalue weighted by Crippen LogP contribution is 2.14. The SMILES string of the molecule is CCSCC(C)Nc1nc2ccccc2[nH]1. The van der Waals surface area contributed by atoms with Gasteiger partial charge in [-0.3, -0.25) is 0 Å². The Hall–Kier alpha value is -1.16. The minimum absolute atomic E-state index is 0.436. The highest BCUT2D eigenvalue weighted by molar-refractivity contribution is 7.99. The molecule has 16 heavy (non-hydrogen) atoms. The lowest BCUT2D eigenvalue weighted by molar-refractivity contribution is 0.896. The quantitative estimate of drug-likeness (QED) is 0.836. The molecule has 1 aromatic heterocycles. The fraction of sp³-hybridized carbons (Fsp3) is 0.417. The van der Waals surface area contributed by atoms with Gasteiger partial charge >= 0.3 is 0 Å². The lowest BCUT2D eigenvalue weighted by atomic mass is 10.3. The Morgan fingerprint density at radius 3 is 3.00 bits per heavy atom. The maximum atomic E-state index is 4.48. The number of benzene rings is 1. The third-order valence-corrected chi connectivity index (χ3v) is 3.49. The Bertz CT molecular complexity index is 419. The van der Waals surface area contributed by atoms with Crippen molar-refractivity contribution in [2.45, 2.75) is 19.9 Å². The van der Waals surface area contributed by atoms with Crippen LogP contribution in [-0.2, 0) is 0 Å². The Kier molecular flexibility index (Phi) is 3.72. The molecular weight excluding hydrogens is 218 g/mol. The number of H-pyrrole nitrogens is 1. The predicted molar refractivity (Wildman–Crippen MR) is 72.2 cm³/mol. The van der Waals surface area contributed by atoms with Gasteiger partial charge in [0.1, 0.15) is 0 Å². The molecule has 0 spiro atoms. The molecule has 0 bridgehead atoms. The van der Waals surface area contributed by atoms with Crippen LogP contribution in [0.15, 0.2) is 24.3 Å². The van der Waals surface area contributed by atoms with Crippen LogP contribution in [0.3, 0.4) is 0 Å². The third kappa shape index (κ3) is 2.70. The molecular formula is C12H17N3S. The summed E-state index contributed by atoms with van der Waals surface area (Å²) in [5.74, 6) is 3.13. The summed E-state index contributed by atoms with van der Waals surface area (Å²) in [7, 11) is 0. The van der Waals surface area contributed by atoms with Gasteiger partial charge in [-0.05, 0) is 24.8 Å². The number of imidazole rings is 1. The standard InChI is InChI=1S/C12H17N3S/c1-3-16-8-9(2)13-12-14-10-6-4-5-7-11(10)15-12/h4-7,9H,3,8H2,1-2H3,(H2,13,14,15). The number of anilines is 1. The molecule has 3 nitrogen and oxygen atoms in total. The van der Waals surface area contributed by atoms with E-state index < -0.39 is 0 Å². The van der Waals surface area contributed by atoms with Gasteiger partial charge in [0.25, 0.3) is 0 Å². The van der Waals surface area contributed by atoms with Crippen molar-refractivity contribution in [1.29, 1.82) is 0 Å². The number of hydrogen-bond donors (Lipinski definition) is 2. The number of rotatable bonds is 5. The van der Waals surface area contributed by atoms with E-state index in [1.165, 1.54) is 0 Å². The van der Waals surface area contributed by atoms with Gasteiger partial charge in [0.15, 0.2) is 0 Å². The van der Waals surface area contributed by atoms with E-state index >= 15 is 0 Å². The van der Waals surface area contributed by atoms with Crippen LogP contribution in [-0.4, -0.2) is 27.5 Å². The smallest absolute Gasteiger partial charge is 0.201 e. The molecule has 0 aliphatic rings. The molecule has 86 valence electrons. The molecule has 0 aliphatic carbocycles. The van der Waals surface area contributed by atoms with Gasteiger partial charge in [0.2, 0.25) is 5.95 Å². The highest BCUT2D eigenvalue weighted by atomic mass is 32.2. The molecule has 2 rings (SSSR count). The van der Waals surface area contributed by atoms with Crippen molar-refractivity contribution >= 4 is 28.7 Å². The molecule has 0 saturated carbocycles. The summed E-state index contributed by atoms with van der Waals surface area (Å²) in [5.41, 5.74) is 2.10. The fourth-order valence-electron chi connectivity index (χ4n) is 1.59. The van der Waals surface area contributed by atoms with E-state index in [0.717, 1.165) is 28.5 Å². The van der Waals surface area contributed by atoms with Crippen molar-refractivity contribution in [3.63, 3.8) is 0 Å². The van der Waals surface area contributed by atoms with Gasteiger partial charge in [-0.25, -0.2) is 4.98 Å². The minimum Gasteiger partial charge on any atom is -0.353 e. The van der Waals surface area contributed by atoms with Crippen LogP contribution in [0.25, 0.3) is 11.0 Å². The zero-order valence-electron chi connectivity index (χ0n) is 9.66. The largest absolute Gasteiger partial charge is 0.353 e. The van der Waals surface area contributed by atoms with Crippen molar-refractivity contribution in [3.8, 4) is 0 Å². The van der Waals surface area contributed by atoms with Gasteiger partial charge < -0.3 is 10.3 Å². The third-order valence-electron chi connectivity index (χ3n) is 2.34. The minimum atomic E-state index is 0.436. The lowest BCUT2D eigenvalue weighted by Gasteiger charge is -2.11. The average Bonchev–Trinajstić information content (AvgIpc) is 2.68. The summed E-state index contributed by atoms with van der Waals surface area (Å²) in [4.78, 5) is 7.76. The average molecular weight is 235 g/mol. The first kappa shape index (κ1) is 11.3. The van der Waals surface area contributed by atoms with Crippen LogP contribution in [0.1, 0.15) is 13.8 Å². The van der Waals surface area contributed by atoms with Crippen molar-refractivity contribution < 1.29 is 0 Å². The Labute approximate surface area is 100 Å². The van der Waals surface area contributed by atoms with Crippen LogP contribution in [0.4, 0.5) is 5.95 Å². The van der Waals surface area contributed by atoms with Gasteiger partial charge in [-0.2, -0.15) is 11.8 Å². The number of para-hydroxylation sites is 2. The van der Waals surface area contributed by atoms with Crippen LogP contribution in [0.2, 0.25) is 0 Å². The molecule has 0 radical (unpaired) electrons. The normalized spacial score (nSPS) is 12.9. The number of hydrogen-bond acceptors (Lipinski definition) is 3. The molecule has 2 N–H and O–H groups in total. The predicted octanol–water partition coefficient (Wildman–Crippen LogP) is 3.12. The molecule has 0 saturated heterocycles. The molecule has 0 fully saturated rings. The van der Waals surface area contributed by atoms with Crippen LogP contribution in [0.5, 0.6) is 0 Å². The summed E-state index contributed by atoms with van der Waals surface area (Å²) >= 11 is 1.94. The van der Waals surface area contributed by atoms with Crippen molar-refractivity contribution in [2.24, 2.45) is 0 Å². The van der Waals surface area contributed by atoms with Gasteiger partial charge in [-0.1, -0.05) is 19.1 Å². The summed E-state index contributed by atoms with van der Waals surface area (Å²) in [6, 6.07) is 8.51. The van der Waals surface area contributed by atoms with E-state index in [0.29, 0.717) is 6.04 Å². The lowest BCUT2D eigenvalue weighted by Crippen LogP contribution is -2.18. The van der Waals surface area contributed by atoms with E-state index in [1.807, 2.05) is 36.0 Å². The van der Waals surface area contributed by atoms with Crippen LogP contribution in [0, 0.1) is 0 Å². The second-order valence-electron chi connectivity index (χ2n) is 3.81. The monoisotopic (exact) mass is 235 g/mol. The Morgan fingerprint density at radius 2 is 2.25 bits per heavy atom. The number of fused-ring (bicyclic) bond motifs is 1. The van der Waals surface area contributed by atoms with E-state index in [4.69, 9.17) is 0 Å². The maximum Gasteiger partial charge on any atom is 0.201 e. The fourth-order valence-corrected chi connectivity index (χ4v) is 2.26. The van der Waals surface area contributed by atoms with Gasteiger partial charge in [0.05, 0.1) is 11.0 Å². The molecule has 4 heteroatoms. The Morgan fingerprint density at radius 1 is 1.44 bits per heavy atom. The van der Waals surface area contributed by atoms with E-state index in [9.17, 15) is 0 Å². The number of nitrogens with zero attached hydrogens (tertiary/aromatic N) is 1. The summed E-state index contributed by atoms with van der Waals surface area (Å²) in [6.07, 6.45) is 0. The van der Waals surface area contributed by atoms with Crippen molar-refractivity contribution in [1.82, 2.24) is 9.97 Å². The maximum absolute atomic E-state index is 4.48. The summed E-state index contributed by atoms with van der Waals surface area (Å²) in [6.45, 7) is 4.36. The zero-order valence-corrected chi connectivity index (χ0v) is 10.5. The first-order chi connectivity index (χ1) is 7.79. The number of aromatic nitrogens is 2. The van der Waals surface area contributed by atoms with Crippen molar-refractivity contribution in [3.05, 3.63) is 24.3 Å². The number of thioether (sulfide) groups is 1. The van der Waals surface area contributed by atoms with Crippen LogP contribution >= 0.6 is 11.8 Å². The van der Waals surface area contributed by atoms with Gasteiger partial charge in [-0.15, -0.1) is 0 Å². The first-order valence-electron chi connectivity index (χ1n) is 5.58. The molecule has 1 heterocycles. The molecule has 0 aliphatic heterocycles. The van der Waals surface area contributed by atoms with E-state index in [-0.39, 0.29) is 0 Å². The zero-order chi connectivity index (χ0) is 11.4. The molecule has 0 amide bonds. The summed E-state index contributed by atoms with van der Waals surface area (Å²) in [5, 5.41) is 3.38. The first-order valence-corrected chi connectivity index (χ1v) is 6.74. The molecule has 1 atom stereocenters. The highest BCUT2D eigenvalue weighted by Gasteiger charge is 2.05. The topological polar surface area (TPSA) is 40.7 Å². The van der Waals surface area contributed by atoms with Crippen molar-refractivity contribution in [2.75, 3.05) is 16.8 Å². The summed E-state index contributed by atoms with van der Waals surface area (Å²) < 4.78 is 0. The molecule has 1 unspecified atom stereocenters. The van der Waals surface area contributed by atoms with Crippen LogP contribution < -0.4 is 5.32 Å². The number of aromatic amines is 1. The second-order valence-corrected chi connectivity index (χ2v) is 5.13. The van der Waals surface area contributed by atoms with E-state index in [2.05, 4.69) is 29.1 Å². The Balaban J connectivity index is 2.03. The molecule has 1 aromatic carbocycles. The molecule has 2 aromatic rings.